The van der Waals surface area contributed by atoms with Crippen molar-refractivity contribution in [1.82, 2.24) is 4.98 Å². The van der Waals surface area contributed by atoms with Gasteiger partial charge < -0.3 is 4.74 Å². The number of ether oxygens (including phenoxy) is 1. The smallest absolute Gasteiger partial charge is 0.410 e. The van der Waals surface area contributed by atoms with Crippen LogP contribution in [0.1, 0.15) is 11.1 Å². The molecule has 0 aliphatic carbocycles. The van der Waals surface area contributed by atoms with Crippen molar-refractivity contribution in [3.05, 3.63) is 78.1 Å². The lowest BCUT2D eigenvalue weighted by molar-refractivity contribution is 0.209. The number of amides is 1. The molecule has 0 saturated carbocycles. The third-order valence-electron chi connectivity index (χ3n) is 3.90. The van der Waals surface area contributed by atoms with Gasteiger partial charge in [-0.3, -0.25) is 9.88 Å². The summed E-state index contributed by atoms with van der Waals surface area (Å²) in [5, 5.41) is 0. The molecule has 0 fully saturated rings. The van der Waals surface area contributed by atoms with E-state index in [1.165, 1.54) is 4.90 Å². The Morgan fingerprint density at radius 3 is 2.36 bits per heavy atom. The molecular formula is C21H20N2O2. The highest BCUT2D eigenvalue weighted by molar-refractivity contribution is 5.89. The van der Waals surface area contributed by atoms with Crippen LogP contribution in [-0.2, 0) is 0 Å². The van der Waals surface area contributed by atoms with Crippen LogP contribution < -0.4 is 9.64 Å². The maximum absolute atomic E-state index is 12.5. The SMILES string of the molecule is Cc1cc(C)cc(OC(=O)N(C)c2cccc(-c3cccnc3)c2)c1. The molecule has 0 saturated heterocycles. The number of benzene rings is 2. The molecule has 0 spiro atoms. The van der Waals surface area contributed by atoms with Gasteiger partial charge in [-0.15, -0.1) is 0 Å². The van der Waals surface area contributed by atoms with Crippen molar-refractivity contribution in [2.24, 2.45) is 0 Å². The third kappa shape index (κ3) is 4.04. The Morgan fingerprint density at radius 1 is 0.960 bits per heavy atom. The molecule has 4 nitrogen and oxygen atoms in total. The summed E-state index contributed by atoms with van der Waals surface area (Å²) in [5.74, 6) is 0.553. The van der Waals surface area contributed by atoms with Crippen LogP contribution in [0, 0.1) is 13.8 Å². The van der Waals surface area contributed by atoms with Gasteiger partial charge in [-0.2, -0.15) is 0 Å². The van der Waals surface area contributed by atoms with Crippen LogP contribution in [0.25, 0.3) is 11.1 Å². The van der Waals surface area contributed by atoms with Gasteiger partial charge in [0.2, 0.25) is 0 Å². The first-order valence-electron chi connectivity index (χ1n) is 8.07. The topological polar surface area (TPSA) is 42.4 Å². The summed E-state index contributed by atoms with van der Waals surface area (Å²) in [7, 11) is 1.70. The summed E-state index contributed by atoms with van der Waals surface area (Å²) in [6, 6.07) is 17.3. The quantitative estimate of drug-likeness (QED) is 0.678. The average molecular weight is 332 g/mol. The molecule has 0 N–H and O–H groups in total. The fraction of sp³-hybridized carbons (Fsp3) is 0.143. The normalized spacial score (nSPS) is 10.4. The van der Waals surface area contributed by atoms with Crippen LogP contribution in [0.3, 0.4) is 0 Å². The lowest BCUT2D eigenvalue weighted by Crippen LogP contribution is -2.29. The second-order valence-electron chi connectivity index (χ2n) is 6.04. The Kier molecular flexibility index (Phi) is 4.80. The van der Waals surface area contributed by atoms with E-state index in [0.717, 1.165) is 27.9 Å². The van der Waals surface area contributed by atoms with E-state index in [1.54, 1.807) is 19.4 Å². The zero-order chi connectivity index (χ0) is 17.8. The lowest BCUT2D eigenvalue weighted by Gasteiger charge is -2.18. The molecule has 2 aromatic carbocycles. The summed E-state index contributed by atoms with van der Waals surface area (Å²) in [5.41, 5.74) is 4.88. The Morgan fingerprint density at radius 2 is 1.68 bits per heavy atom. The maximum atomic E-state index is 12.5. The van der Waals surface area contributed by atoms with Crippen molar-refractivity contribution in [3.8, 4) is 16.9 Å². The molecular weight excluding hydrogens is 312 g/mol. The summed E-state index contributed by atoms with van der Waals surface area (Å²) in [6.07, 6.45) is 3.11. The number of anilines is 1. The van der Waals surface area contributed by atoms with E-state index in [2.05, 4.69) is 4.98 Å². The van der Waals surface area contributed by atoms with E-state index < -0.39 is 6.09 Å². The molecule has 0 aliphatic heterocycles. The Labute approximate surface area is 147 Å². The van der Waals surface area contributed by atoms with Crippen molar-refractivity contribution < 1.29 is 9.53 Å². The van der Waals surface area contributed by atoms with Gasteiger partial charge >= 0.3 is 6.09 Å². The van der Waals surface area contributed by atoms with E-state index >= 15 is 0 Å². The highest BCUT2D eigenvalue weighted by atomic mass is 16.6. The second kappa shape index (κ2) is 7.18. The monoisotopic (exact) mass is 332 g/mol. The van der Waals surface area contributed by atoms with Gasteiger partial charge in [0.15, 0.2) is 0 Å². The molecule has 0 bridgehead atoms. The molecule has 25 heavy (non-hydrogen) atoms. The number of carbonyl (C=O) groups is 1. The predicted octanol–water partition coefficient (Wildman–Crippen LogP) is 5.00. The molecule has 0 unspecified atom stereocenters. The number of hydrogen-bond acceptors (Lipinski definition) is 3. The first-order chi connectivity index (χ1) is 12.0. The Hall–Kier alpha value is -3.14. The molecule has 0 radical (unpaired) electrons. The molecule has 3 aromatic rings. The Balaban J connectivity index is 1.80. The zero-order valence-electron chi connectivity index (χ0n) is 14.6. The highest BCUT2D eigenvalue weighted by Gasteiger charge is 2.14. The molecule has 1 aromatic heterocycles. The minimum absolute atomic E-state index is 0.423. The molecule has 0 aliphatic rings. The number of rotatable bonds is 3. The van der Waals surface area contributed by atoms with Crippen molar-refractivity contribution in [1.29, 1.82) is 0 Å². The largest absolute Gasteiger partial charge is 0.419 e. The predicted molar refractivity (Wildman–Crippen MR) is 100 cm³/mol. The van der Waals surface area contributed by atoms with Gasteiger partial charge in [0, 0.05) is 30.7 Å². The van der Waals surface area contributed by atoms with E-state index in [-0.39, 0.29) is 0 Å². The summed E-state index contributed by atoms with van der Waals surface area (Å²) in [6.45, 7) is 3.96. The zero-order valence-corrected chi connectivity index (χ0v) is 14.6. The summed E-state index contributed by atoms with van der Waals surface area (Å²) in [4.78, 5) is 18.1. The van der Waals surface area contributed by atoms with E-state index in [9.17, 15) is 4.79 Å². The first kappa shape index (κ1) is 16.7. The minimum atomic E-state index is -0.423. The van der Waals surface area contributed by atoms with Crippen LogP contribution in [0.5, 0.6) is 5.75 Å². The van der Waals surface area contributed by atoms with Gasteiger partial charge in [0.25, 0.3) is 0 Å². The van der Waals surface area contributed by atoms with Crippen LogP contribution in [-0.4, -0.2) is 18.1 Å². The van der Waals surface area contributed by atoms with Crippen LogP contribution in [0.15, 0.2) is 67.0 Å². The van der Waals surface area contributed by atoms with Crippen molar-refractivity contribution in [2.75, 3.05) is 11.9 Å². The van der Waals surface area contributed by atoms with Crippen molar-refractivity contribution in [3.63, 3.8) is 0 Å². The number of nitrogens with zero attached hydrogens (tertiary/aromatic N) is 2. The van der Waals surface area contributed by atoms with Gasteiger partial charge in [-0.25, -0.2) is 4.79 Å². The highest BCUT2D eigenvalue weighted by Crippen LogP contribution is 2.24. The summed E-state index contributed by atoms with van der Waals surface area (Å²) < 4.78 is 5.51. The molecule has 3 rings (SSSR count). The molecule has 0 atom stereocenters. The minimum Gasteiger partial charge on any atom is -0.410 e. The lowest BCUT2D eigenvalue weighted by atomic mass is 10.1. The van der Waals surface area contributed by atoms with Gasteiger partial charge in [-0.05, 0) is 60.9 Å². The van der Waals surface area contributed by atoms with Crippen LogP contribution in [0.4, 0.5) is 10.5 Å². The van der Waals surface area contributed by atoms with Crippen molar-refractivity contribution >= 4 is 11.8 Å². The van der Waals surface area contributed by atoms with Gasteiger partial charge in [-0.1, -0.05) is 24.3 Å². The molecule has 4 heteroatoms. The molecule has 1 amide bonds. The number of aryl methyl sites for hydroxylation is 2. The third-order valence-corrected chi connectivity index (χ3v) is 3.90. The average Bonchev–Trinajstić information content (AvgIpc) is 2.61. The van der Waals surface area contributed by atoms with E-state index in [0.29, 0.717) is 5.75 Å². The Bertz CT molecular complexity index is 871. The second-order valence-corrected chi connectivity index (χ2v) is 6.04. The number of carbonyl (C=O) groups excluding carboxylic acids is 1. The van der Waals surface area contributed by atoms with Crippen LogP contribution >= 0.6 is 0 Å². The number of pyridine rings is 1. The fourth-order valence-electron chi connectivity index (χ4n) is 2.69. The van der Waals surface area contributed by atoms with E-state index in [4.69, 9.17) is 4.74 Å². The van der Waals surface area contributed by atoms with E-state index in [1.807, 2.05) is 68.4 Å². The molecule has 126 valence electrons. The first-order valence-corrected chi connectivity index (χ1v) is 8.07. The number of hydrogen-bond donors (Lipinski definition) is 0. The fourth-order valence-corrected chi connectivity index (χ4v) is 2.69. The molecule has 1 heterocycles. The summed E-state index contributed by atoms with van der Waals surface area (Å²) >= 11 is 0. The van der Waals surface area contributed by atoms with Gasteiger partial charge in [0.05, 0.1) is 0 Å². The van der Waals surface area contributed by atoms with Crippen molar-refractivity contribution in [2.45, 2.75) is 13.8 Å². The van der Waals surface area contributed by atoms with Crippen LogP contribution in [0.2, 0.25) is 0 Å². The maximum Gasteiger partial charge on any atom is 0.419 e. The standard InChI is InChI=1S/C21H20N2O2/c1-15-10-16(2)12-20(11-15)25-21(24)23(3)19-8-4-6-17(13-19)18-7-5-9-22-14-18/h4-14H,1-3H3. The number of aromatic nitrogens is 1. The van der Waals surface area contributed by atoms with Gasteiger partial charge in [0.1, 0.15) is 5.75 Å².